The van der Waals surface area contributed by atoms with E-state index in [1.165, 1.54) is 0 Å². The predicted molar refractivity (Wildman–Crippen MR) is 84.3 cm³/mol. The Balaban J connectivity index is 2.31. The van der Waals surface area contributed by atoms with Gasteiger partial charge in [-0.15, -0.1) is 0 Å². The molecule has 0 amide bonds. The smallest absolute Gasteiger partial charge is 0.316 e. The van der Waals surface area contributed by atoms with Crippen LogP contribution in [0.4, 0.5) is 0 Å². The van der Waals surface area contributed by atoms with E-state index < -0.39 is 11.5 Å². The minimum absolute atomic E-state index is 0.226. The van der Waals surface area contributed by atoms with Crippen LogP contribution in [0.5, 0.6) is 5.75 Å². The van der Waals surface area contributed by atoms with Gasteiger partial charge in [-0.25, -0.2) is 0 Å². The third kappa shape index (κ3) is 3.42. The van der Waals surface area contributed by atoms with Crippen molar-refractivity contribution in [2.24, 2.45) is 5.41 Å². The monoisotopic (exact) mass is 286 g/mol. The number of benzene rings is 2. The number of fused-ring (bicyclic) bond motifs is 1. The lowest BCUT2D eigenvalue weighted by Crippen LogP contribution is -2.28. The van der Waals surface area contributed by atoms with Crippen LogP contribution in [-0.4, -0.2) is 11.1 Å². The maximum absolute atomic E-state index is 12.1. The van der Waals surface area contributed by atoms with Gasteiger partial charge in [0.1, 0.15) is 5.75 Å². The molecule has 0 fully saturated rings. The number of rotatable bonds is 4. The number of hydrogen-bond donors (Lipinski definition) is 1. The Morgan fingerprint density at radius 1 is 1.19 bits per heavy atom. The molecule has 0 aliphatic heterocycles. The summed E-state index contributed by atoms with van der Waals surface area (Å²) >= 11 is 0. The van der Waals surface area contributed by atoms with Gasteiger partial charge in [-0.3, -0.25) is 4.79 Å². The first kappa shape index (κ1) is 15.5. The van der Waals surface area contributed by atoms with Gasteiger partial charge in [0.2, 0.25) is 0 Å². The molecule has 2 rings (SSSR count). The fraction of sp³-hybridized carbons (Fsp3) is 0.389. The molecule has 1 N–H and O–H groups in total. The standard InChI is InChI=1S/C18H22O3/c1-5-18(3,4)17(20)21-16-9-8-13-6-7-14(12(2)19)10-15(13)11-16/h6-12,19H,5H2,1-4H3. The average molecular weight is 286 g/mol. The minimum atomic E-state index is -0.514. The molecule has 1 atom stereocenters. The second-order valence-corrected chi connectivity index (χ2v) is 6.07. The first-order chi connectivity index (χ1) is 9.83. The Morgan fingerprint density at radius 3 is 2.48 bits per heavy atom. The van der Waals surface area contributed by atoms with Gasteiger partial charge < -0.3 is 9.84 Å². The number of aliphatic hydroxyl groups is 1. The zero-order valence-electron chi connectivity index (χ0n) is 13.0. The quantitative estimate of drug-likeness (QED) is 0.675. The molecule has 2 aromatic carbocycles. The SMILES string of the molecule is CCC(C)(C)C(=O)Oc1ccc2ccc(C(C)O)cc2c1. The highest BCUT2D eigenvalue weighted by atomic mass is 16.5. The predicted octanol–water partition coefficient (Wildman–Crippen LogP) is 4.23. The van der Waals surface area contributed by atoms with Crippen molar-refractivity contribution in [3.8, 4) is 5.75 Å². The number of aliphatic hydroxyl groups excluding tert-OH is 1. The maximum atomic E-state index is 12.1. The van der Waals surface area contributed by atoms with Gasteiger partial charge in [0.05, 0.1) is 11.5 Å². The van der Waals surface area contributed by atoms with Crippen molar-refractivity contribution < 1.29 is 14.6 Å². The molecule has 0 saturated heterocycles. The third-order valence-corrected chi connectivity index (χ3v) is 3.97. The average Bonchev–Trinajstić information content (AvgIpc) is 2.46. The normalized spacial score (nSPS) is 13.2. The van der Waals surface area contributed by atoms with Crippen LogP contribution in [0, 0.1) is 5.41 Å². The third-order valence-electron chi connectivity index (χ3n) is 3.97. The summed E-state index contributed by atoms with van der Waals surface area (Å²) in [5.41, 5.74) is 0.357. The van der Waals surface area contributed by atoms with Crippen LogP contribution in [0.15, 0.2) is 36.4 Å². The van der Waals surface area contributed by atoms with Crippen molar-refractivity contribution in [2.75, 3.05) is 0 Å². The van der Waals surface area contributed by atoms with E-state index in [1.54, 1.807) is 13.0 Å². The highest BCUT2D eigenvalue weighted by Crippen LogP contribution is 2.27. The summed E-state index contributed by atoms with van der Waals surface area (Å²) in [5, 5.41) is 11.7. The summed E-state index contributed by atoms with van der Waals surface area (Å²) in [6, 6.07) is 11.3. The molecule has 0 aromatic heterocycles. The zero-order valence-corrected chi connectivity index (χ0v) is 13.0. The Morgan fingerprint density at radius 2 is 1.86 bits per heavy atom. The van der Waals surface area contributed by atoms with Gasteiger partial charge in [0, 0.05) is 0 Å². The second-order valence-electron chi connectivity index (χ2n) is 6.07. The van der Waals surface area contributed by atoms with E-state index in [4.69, 9.17) is 4.74 Å². The summed E-state index contributed by atoms with van der Waals surface area (Å²) in [5.74, 6) is 0.313. The number of ether oxygens (including phenoxy) is 1. The van der Waals surface area contributed by atoms with E-state index in [2.05, 4.69) is 0 Å². The van der Waals surface area contributed by atoms with Crippen molar-refractivity contribution in [1.82, 2.24) is 0 Å². The van der Waals surface area contributed by atoms with Crippen molar-refractivity contribution in [3.05, 3.63) is 42.0 Å². The van der Waals surface area contributed by atoms with Gasteiger partial charge in [0.25, 0.3) is 0 Å². The molecule has 0 saturated carbocycles. The molecule has 0 aliphatic rings. The Hall–Kier alpha value is -1.87. The number of carbonyl (C=O) groups excluding carboxylic acids is 1. The minimum Gasteiger partial charge on any atom is -0.426 e. The lowest BCUT2D eigenvalue weighted by molar-refractivity contribution is -0.144. The van der Waals surface area contributed by atoms with Crippen LogP contribution in [0.25, 0.3) is 10.8 Å². The Bertz CT molecular complexity index is 657. The summed E-state index contributed by atoms with van der Waals surface area (Å²) in [4.78, 5) is 12.1. The Labute approximate surface area is 125 Å². The topological polar surface area (TPSA) is 46.5 Å². The second kappa shape index (κ2) is 5.86. The molecule has 0 heterocycles. The highest BCUT2D eigenvalue weighted by molar-refractivity contribution is 5.86. The van der Waals surface area contributed by atoms with E-state index in [0.717, 1.165) is 22.8 Å². The molecule has 0 aliphatic carbocycles. The van der Waals surface area contributed by atoms with Crippen molar-refractivity contribution >= 4 is 16.7 Å². The number of hydrogen-bond acceptors (Lipinski definition) is 3. The molecule has 2 aromatic rings. The van der Waals surface area contributed by atoms with E-state index in [0.29, 0.717) is 5.75 Å². The fourth-order valence-corrected chi connectivity index (χ4v) is 1.96. The molecule has 0 bridgehead atoms. The van der Waals surface area contributed by atoms with Gasteiger partial charge in [-0.1, -0.05) is 25.1 Å². The summed E-state index contributed by atoms with van der Waals surface area (Å²) in [6.07, 6.45) is 0.214. The van der Waals surface area contributed by atoms with E-state index in [9.17, 15) is 9.90 Å². The van der Waals surface area contributed by atoms with Crippen molar-refractivity contribution in [1.29, 1.82) is 0 Å². The summed E-state index contributed by atoms with van der Waals surface area (Å²) in [6.45, 7) is 7.45. The first-order valence-electron chi connectivity index (χ1n) is 7.27. The van der Waals surface area contributed by atoms with Crippen LogP contribution in [0.1, 0.15) is 45.8 Å². The van der Waals surface area contributed by atoms with Crippen molar-refractivity contribution in [3.63, 3.8) is 0 Å². The highest BCUT2D eigenvalue weighted by Gasteiger charge is 2.27. The van der Waals surface area contributed by atoms with E-state index >= 15 is 0 Å². The molecule has 3 heteroatoms. The van der Waals surface area contributed by atoms with Crippen molar-refractivity contribution in [2.45, 2.75) is 40.2 Å². The molecule has 21 heavy (non-hydrogen) atoms. The van der Waals surface area contributed by atoms with Crippen LogP contribution in [0.3, 0.4) is 0 Å². The molecule has 1 unspecified atom stereocenters. The molecule has 3 nitrogen and oxygen atoms in total. The van der Waals surface area contributed by atoms with Gasteiger partial charge in [0.15, 0.2) is 0 Å². The molecule has 0 radical (unpaired) electrons. The van der Waals surface area contributed by atoms with E-state index in [1.807, 2.05) is 51.1 Å². The summed E-state index contributed by atoms with van der Waals surface area (Å²) < 4.78 is 5.48. The molecular weight excluding hydrogens is 264 g/mol. The number of carbonyl (C=O) groups is 1. The first-order valence-corrected chi connectivity index (χ1v) is 7.27. The van der Waals surface area contributed by atoms with Crippen LogP contribution >= 0.6 is 0 Å². The van der Waals surface area contributed by atoms with Crippen LogP contribution in [0.2, 0.25) is 0 Å². The van der Waals surface area contributed by atoms with Gasteiger partial charge >= 0.3 is 5.97 Å². The number of esters is 1. The largest absolute Gasteiger partial charge is 0.426 e. The summed E-state index contributed by atoms with van der Waals surface area (Å²) in [7, 11) is 0. The Kier molecular flexibility index (Phi) is 4.33. The van der Waals surface area contributed by atoms with Crippen LogP contribution < -0.4 is 4.74 Å². The molecule has 0 spiro atoms. The van der Waals surface area contributed by atoms with Gasteiger partial charge in [-0.05, 0) is 61.7 Å². The lowest BCUT2D eigenvalue weighted by atomic mass is 9.91. The maximum Gasteiger partial charge on any atom is 0.316 e. The lowest BCUT2D eigenvalue weighted by Gasteiger charge is -2.20. The zero-order chi connectivity index (χ0) is 15.6. The fourth-order valence-electron chi connectivity index (χ4n) is 1.96. The van der Waals surface area contributed by atoms with Crippen LogP contribution in [-0.2, 0) is 4.79 Å². The van der Waals surface area contributed by atoms with Gasteiger partial charge in [-0.2, -0.15) is 0 Å². The molecule has 112 valence electrons. The van der Waals surface area contributed by atoms with E-state index in [-0.39, 0.29) is 5.97 Å². The molecular formula is C18H22O3.